The highest BCUT2D eigenvalue weighted by molar-refractivity contribution is 7.89. The Labute approximate surface area is 161 Å². The Morgan fingerprint density at radius 3 is 2.07 bits per heavy atom. The predicted molar refractivity (Wildman–Crippen MR) is 105 cm³/mol. The molecule has 3 nitrogen and oxygen atoms in total. The van der Waals surface area contributed by atoms with Crippen molar-refractivity contribution in [2.24, 2.45) is 0 Å². The average Bonchev–Trinajstić information content (AvgIpc) is 3.20. The van der Waals surface area contributed by atoms with Crippen LogP contribution in [0.2, 0.25) is 0 Å². The molecule has 0 spiro atoms. The molecule has 27 heavy (non-hydrogen) atoms. The number of benzene rings is 2. The average molecular weight is 388 g/mol. The van der Waals surface area contributed by atoms with E-state index >= 15 is 0 Å². The van der Waals surface area contributed by atoms with Crippen LogP contribution in [0.25, 0.3) is 0 Å². The first-order valence-electron chi connectivity index (χ1n) is 9.93. The molecule has 5 heteroatoms. The van der Waals surface area contributed by atoms with Crippen LogP contribution in [0.1, 0.15) is 68.0 Å². The van der Waals surface area contributed by atoms with Gasteiger partial charge in [-0.15, -0.1) is 0 Å². The van der Waals surface area contributed by atoms with Crippen molar-refractivity contribution in [2.45, 2.75) is 61.8 Å². The van der Waals surface area contributed by atoms with Crippen LogP contribution < -0.4 is 0 Å². The molecule has 0 amide bonds. The van der Waals surface area contributed by atoms with E-state index in [2.05, 4.69) is 0 Å². The zero-order chi connectivity index (χ0) is 18.9. The summed E-state index contributed by atoms with van der Waals surface area (Å²) in [6, 6.07) is 13.5. The molecule has 0 aromatic heterocycles. The predicted octanol–water partition coefficient (Wildman–Crippen LogP) is 5.40. The topological polar surface area (TPSA) is 37.4 Å². The molecule has 1 aliphatic heterocycles. The minimum atomic E-state index is -3.55. The first-order chi connectivity index (χ1) is 13.1. The summed E-state index contributed by atoms with van der Waals surface area (Å²) in [7, 11) is -3.55. The number of halogens is 1. The van der Waals surface area contributed by atoms with Crippen LogP contribution in [0, 0.1) is 5.82 Å². The maximum absolute atomic E-state index is 13.2. The Morgan fingerprint density at radius 2 is 1.41 bits per heavy atom. The summed E-state index contributed by atoms with van der Waals surface area (Å²) in [5.74, 6) is 0.263. The highest BCUT2D eigenvalue weighted by Crippen LogP contribution is 2.37. The number of sulfonamides is 1. The molecule has 0 unspecified atom stereocenters. The smallest absolute Gasteiger partial charge is 0.207 e. The van der Waals surface area contributed by atoms with E-state index in [0.717, 1.165) is 18.4 Å². The zero-order valence-corrected chi connectivity index (χ0v) is 16.3. The van der Waals surface area contributed by atoms with Crippen molar-refractivity contribution in [1.82, 2.24) is 4.31 Å². The fourth-order valence-electron chi connectivity index (χ4n) is 4.53. The van der Waals surface area contributed by atoms with Gasteiger partial charge in [0.05, 0.1) is 10.9 Å². The van der Waals surface area contributed by atoms with Crippen LogP contribution in [0.5, 0.6) is 0 Å². The third kappa shape index (κ3) is 3.81. The molecule has 0 radical (unpaired) electrons. The van der Waals surface area contributed by atoms with Gasteiger partial charge in [0.25, 0.3) is 0 Å². The van der Waals surface area contributed by atoms with Gasteiger partial charge in [-0.2, -0.15) is 4.31 Å². The van der Waals surface area contributed by atoms with E-state index in [1.54, 1.807) is 28.6 Å². The minimum Gasteiger partial charge on any atom is -0.207 e. The number of hydrogen-bond acceptors (Lipinski definition) is 2. The normalized spacial score (nSPS) is 22.2. The van der Waals surface area contributed by atoms with Gasteiger partial charge in [0.2, 0.25) is 10.0 Å². The second-order valence-corrected chi connectivity index (χ2v) is 9.62. The third-order valence-electron chi connectivity index (χ3n) is 6.02. The molecule has 2 aromatic rings. The van der Waals surface area contributed by atoms with Gasteiger partial charge in [0, 0.05) is 6.54 Å². The Hall–Kier alpha value is -1.72. The molecule has 1 saturated heterocycles. The fraction of sp³-hybridized carbons (Fsp3) is 0.455. The SMILES string of the molecule is O=S(=O)(c1ccc(C2CCCCC2)cc1)N1CCC[C@@H]1c1ccc(F)cc1. The molecule has 0 bridgehead atoms. The number of rotatable bonds is 4. The first kappa shape index (κ1) is 18.6. The lowest BCUT2D eigenvalue weighted by atomic mass is 9.84. The Morgan fingerprint density at radius 1 is 0.778 bits per heavy atom. The van der Waals surface area contributed by atoms with Crippen molar-refractivity contribution < 1.29 is 12.8 Å². The lowest BCUT2D eigenvalue weighted by Crippen LogP contribution is -2.30. The zero-order valence-electron chi connectivity index (χ0n) is 15.5. The van der Waals surface area contributed by atoms with E-state index in [4.69, 9.17) is 0 Å². The molecule has 0 N–H and O–H groups in total. The van der Waals surface area contributed by atoms with E-state index in [0.29, 0.717) is 17.4 Å². The van der Waals surface area contributed by atoms with Crippen molar-refractivity contribution in [2.75, 3.05) is 6.54 Å². The minimum absolute atomic E-state index is 0.214. The van der Waals surface area contributed by atoms with Crippen molar-refractivity contribution in [3.8, 4) is 0 Å². The van der Waals surface area contributed by atoms with Crippen molar-refractivity contribution >= 4 is 10.0 Å². The van der Waals surface area contributed by atoms with Gasteiger partial charge >= 0.3 is 0 Å². The monoisotopic (exact) mass is 387 g/mol. The van der Waals surface area contributed by atoms with Gasteiger partial charge in [-0.1, -0.05) is 43.5 Å². The lowest BCUT2D eigenvalue weighted by molar-refractivity contribution is 0.396. The maximum Gasteiger partial charge on any atom is 0.243 e. The number of nitrogens with zero attached hydrogens (tertiary/aromatic N) is 1. The van der Waals surface area contributed by atoms with Crippen LogP contribution >= 0.6 is 0 Å². The Balaban J connectivity index is 1.57. The van der Waals surface area contributed by atoms with Crippen LogP contribution in [0.4, 0.5) is 4.39 Å². The van der Waals surface area contributed by atoms with Crippen LogP contribution in [0.3, 0.4) is 0 Å². The molecule has 144 valence electrons. The summed E-state index contributed by atoms with van der Waals surface area (Å²) in [5, 5.41) is 0. The molecule has 2 aliphatic rings. The number of hydrogen-bond donors (Lipinski definition) is 0. The standard InChI is InChI=1S/C22H26FNO2S/c23-20-12-8-19(9-13-20)22-7-4-16-24(22)27(25,26)21-14-10-18(11-15-21)17-5-2-1-3-6-17/h8-15,17,22H,1-7,16H2/t22-/m1/s1. The summed E-state index contributed by atoms with van der Waals surface area (Å²) in [6.07, 6.45) is 7.82. The first-order valence-corrected chi connectivity index (χ1v) is 11.4. The van der Waals surface area contributed by atoms with Crippen molar-refractivity contribution in [3.05, 3.63) is 65.5 Å². The second-order valence-electron chi connectivity index (χ2n) is 7.73. The molecule has 2 fully saturated rings. The molecule has 1 saturated carbocycles. The largest absolute Gasteiger partial charge is 0.243 e. The summed E-state index contributed by atoms with van der Waals surface area (Å²) >= 11 is 0. The highest BCUT2D eigenvalue weighted by atomic mass is 32.2. The lowest BCUT2D eigenvalue weighted by Gasteiger charge is -2.25. The van der Waals surface area contributed by atoms with Gasteiger partial charge in [0.1, 0.15) is 5.82 Å². The molecule has 1 heterocycles. The summed E-state index contributed by atoms with van der Waals surface area (Å²) < 4.78 is 41.3. The van der Waals surface area contributed by atoms with Crippen LogP contribution in [-0.4, -0.2) is 19.3 Å². The van der Waals surface area contributed by atoms with Crippen molar-refractivity contribution in [1.29, 1.82) is 0 Å². The maximum atomic E-state index is 13.2. The Kier molecular flexibility index (Phi) is 5.33. The van der Waals surface area contributed by atoms with Gasteiger partial charge in [-0.25, -0.2) is 12.8 Å². The third-order valence-corrected chi connectivity index (χ3v) is 7.94. The fourth-order valence-corrected chi connectivity index (χ4v) is 6.21. The quantitative estimate of drug-likeness (QED) is 0.704. The van der Waals surface area contributed by atoms with Crippen LogP contribution in [-0.2, 0) is 10.0 Å². The van der Waals surface area contributed by atoms with Crippen molar-refractivity contribution in [3.63, 3.8) is 0 Å². The highest BCUT2D eigenvalue weighted by Gasteiger charge is 2.36. The summed E-state index contributed by atoms with van der Waals surface area (Å²) in [5.41, 5.74) is 2.11. The van der Waals surface area contributed by atoms with Gasteiger partial charge < -0.3 is 0 Å². The summed E-state index contributed by atoms with van der Waals surface area (Å²) in [6.45, 7) is 0.509. The van der Waals surface area contributed by atoms with Gasteiger partial charge in [0.15, 0.2) is 0 Å². The summed E-state index contributed by atoms with van der Waals surface area (Å²) in [4.78, 5) is 0.357. The van der Waals surface area contributed by atoms with E-state index in [9.17, 15) is 12.8 Å². The molecule has 1 atom stereocenters. The van der Waals surface area contributed by atoms with Crippen LogP contribution in [0.15, 0.2) is 53.4 Å². The second kappa shape index (κ2) is 7.72. The molecule has 2 aromatic carbocycles. The molecular formula is C22H26FNO2S. The van der Waals surface area contributed by atoms with Gasteiger partial charge in [-0.05, 0) is 67.0 Å². The van der Waals surface area contributed by atoms with Gasteiger partial charge in [-0.3, -0.25) is 0 Å². The molecule has 4 rings (SSSR count). The van der Waals surface area contributed by atoms with E-state index in [-0.39, 0.29) is 11.9 Å². The molecular weight excluding hydrogens is 361 g/mol. The van der Waals surface area contributed by atoms with E-state index < -0.39 is 10.0 Å². The molecule has 1 aliphatic carbocycles. The Bertz CT molecular complexity index is 872. The van der Waals surface area contributed by atoms with E-state index in [1.807, 2.05) is 12.1 Å². The van der Waals surface area contributed by atoms with E-state index in [1.165, 1.54) is 49.8 Å².